The molecule has 0 bridgehead atoms. The fourth-order valence-electron chi connectivity index (χ4n) is 14.7. The summed E-state index contributed by atoms with van der Waals surface area (Å²) >= 11 is 0. The van der Waals surface area contributed by atoms with Gasteiger partial charge in [-0.3, -0.25) is 0 Å². The van der Waals surface area contributed by atoms with Gasteiger partial charge in [0.1, 0.15) is 11.2 Å². The van der Waals surface area contributed by atoms with Crippen LogP contribution in [0.1, 0.15) is 11.1 Å². The van der Waals surface area contributed by atoms with Crippen molar-refractivity contribution in [3.05, 3.63) is 332 Å². The van der Waals surface area contributed by atoms with E-state index in [-0.39, 0.29) is 0 Å². The van der Waals surface area contributed by atoms with Crippen molar-refractivity contribution in [2.75, 3.05) is 0 Å². The standard InChI is InChI=1S/C44H26N4.C43H25N3O/c1-46-40-27-35(22-19-33(40)28-45)48-41-13-7-5-11-36(41)38-23-20-32(26-44(38)48)30-17-15-29(16-18-30)31-21-24-43-39(25-31)37-12-6-8-14-42(37)47(43)34-9-3-2-4-10-34;44-26-27-9-7-10-29(23-27)45-37-15-4-1-11-32(37)35-24-28(19-21-39(35)45)31-14-8-17-40-43(31)34-13-2-5-16-38(34)46(40)30-20-22-42-36(25-30)33-12-3-6-18-41(33)47-42/h2-27H;1-25H. The second kappa shape index (κ2) is 21.9. The van der Waals surface area contributed by atoms with Crippen molar-refractivity contribution in [1.82, 2.24) is 18.3 Å². The van der Waals surface area contributed by atoms with Crippen molar-refractivity contribution in [3.63, 3.8) is 0 Å². The van der Waals surface area contributed by atoms with Gasteiger partial charge in [0.25, 0.3) is 0 Å². The summed E-state index contributed by atoms with van der Waals surface area (Å²) < 4.78 is 15.3. The molecule has 0 amide bonds. The van der Waals surface area contributed by atoms with Crippen LogP contribution in [0.5, 0.6) is 0 Å². The Kier molecular flexibility index (Phi) is 12.6. The molecule has 0 aliphatic heterocycles. The van der Waals surface area contributed by atoms with Gasteiger partial charge in [-0.1, -0.05) is 182 Å². The van der Waals surface area contributed by atoms with Gasteiger partial charge >= 0.3 is 0 Å². The first kappa shape index (κ1) is 54.5. The molecule has 0 unspecified atom stereocenters. The minimum Gasteiger partial charge on any atom is -0.456 e. The predicted molar refractivity (Wildman–Crippen MR) is 390 cm³/mol. The number of para-hydroxylation sites is 6. The lowest BCUT2D eigenvalue weighted by Gasteiger charge is -2.11. The van der Waals surface area contributed by atoms with Crippen LogP contribution in [0.15, 0.2) is 314 Å². The van der Waals surface area contributed by atoms with E-state index in [2.05, 4.69) is 290 Å². The van der Waals surface area contributed by atoms with Crippen LogP contribution >= 0.6 is 0 Å². The highest BCUT2D eigenvalue weighted by atomic mass is 16.3. The lowest BCUT2D eigenvalue weighted by molar-refractivity contribution is 0.669. The van der Waals surface area contributed by atoms with Gasteiger partial charge in [-0.05, 0) is 161 Å². The largest absolute Gasteiger partial charge is 0.456 e. The molecule has 14 aromatic carbocycles. The third kappa shape index (κ3) is 8.73. The first-order valence-corrected chi connectivity index (χ1v) is 31.6. The zero-order valence-corrected chi connectivity index (χ0v) is 51.0. The number of furan rings is 1. The normalized spacial score (nSPS) is 11.5. The van der Waals surface area contributed by atoms with Crippen LogP contribution in [0.25, 0.3) is 170 Å². The highest BCUT2D eigenvalue weighted by Crippen LogP contribution is 2.44. The van der Waals surface area contributed by atoms with Crippen LogP contribution in [0.4, 0.5) is 5.69 Å². The summed E-state index contributed by atoms with van der Waals surface area (Å²) in [4.78, 5) is 3.63. The second-order valence-electron chi connectivity index (χ2n) is 24.1. The minimum atomic E-state index is 0.357. The number of nitriles is 2. The van der Waals surface area contributed by atoms with Crippen LogP contribution in [0.3, 0.4) is 0 Å². The monoisotopic (exact) mass is 1210 g/mol. The van der Waals surface area contributed by atoms with Crippen molar-refractivity contribution in [2.45, 2.75) is 0 Å². The third-order valence-corrected chi connectivity index (χ3v) is 18.9. The number of benzene rings is 14. The van der Waals surface area contributed by atoms with Crippen molar-refractivity contribution >= 4 is 115 Å². The highest BCUT2D eigenvalue weighted by Gasteiger charge is 2.21. The molecule has 0 aliphatic rings. The molecule has 19 aromatic rings. The van der Waals surface area contributed by atoms with E-state index >= 15 is 0 Å². The molecule has 5 aromatic heterocycles. The summed E-state index contributed by atoms with van der Waals surface area (Å²) in [5.41, 5.74) is 23.3. The van der Waals surface area contributed by atoms with Gasteiger partial charge in [0.2, 0.25) is 5.69 Å². The molecule has 0 spiro atoms. The number of fused-ring (bicyclic) bond motifs is 15. The van der Waals surface area contributed by atoms with E-state index < -0.39 is 0 Å². The minimum absolute atomic E-state index is 0.357. The average molecular weight is 1210 g/mol. The Bertz CT molecular complexity index is 6510. The molecule has 0 fully saturated rings. The Balaban J connectivity index is 0.000000139. The Labute approximate surface area is 545 Å². The number of aromatic nitrogens is 4. The first-order valence-electron chi connectivity index (χ1n) is 31.6. The Morgan fingerprint density at radius 1 is 0.284 bits per heavy atom. The van der Waals surface area contributed by atoms with Crippen LogP contribution in [-0.4, -0.2) is 18.3 Å². The van der Waals surface area contributed by atoms with Gasteiger partial charge < -0.3 is 22.7 Å². The topological polar surface area (TPSA) is 84.8 Å². The number of hydrogen-bond donors (Lipinski definition) is 0. The molecule has 8 heteroatoms. The van der Waals surface area contributed by atoms with E-state index in [9.17, 15) is 10.5 Å². The van der Waals surface area contributed by atoms with Crippen LogP contribution in [-0.2, 0) is 0 Å². The maximum absolute atomic E-state index is 9.60. The quantitative estimate of drug-likeness (QED) is 0.149. The van der Waals surface area contributed by atoms with Crippen LogP contribution in [0.2, 0.25) is 0 Å². The average Bonchev–Trinajstić information content (AvgIpc) is 1.60. The summed E-state index contributed by atoms with van der Waals surface area (Å²) in [7, 11) is 0. The molecule has 0 aliphatic carbocycles. The molecule has 0 radical (unpaired) electrons. The molecular formula is C87H51N7O. The molecule has 440 valence electrons. The van der Waals surface area contributed by atoms with Gasteiger partial charge in [-0.25, -0.2) is 4.85 Å². The molecule has 95 heavy (non-hydrogen) atoms. The van der Waals surface area contributed by atoms with E-state index in [1.807, 2.05) is 48.5 Å². The molecule has 0 atom stereocenters. The first-order chi connectivity index (χ1) is 47.0. The number of rotatable bonds is 7. The van der Waals surface area contributed by atoms with Crippen molar-refractivity contribution in [1.29, 1.82) is 10.5 Å². The smallest absolute Gasteiger partial charge is 0.206 e. The maximum Gasteiger partial charge on any atom is 0.206 e. The van der Waals surface area contributed by atoms with Gasteiger partial charge in [-0.2, -0.15) is 10.5 Å². The predicted octanol–water partition coefficient (Wildman–Crippen LogP) is 23.0. The summed E-state index contributed by atoms with van der Waals surface area (Å²) in [6, 6.07) is 113. The molecular weight excluding hydrogens is 1160 g/mol. The maximum atomic E-state index is 9.60. The molecule has 0 saturated heterocycles. The fourth-order valence-corrected chi connectivity index (χ4v) is 14.7. The molecule has 19 rings (SSSR count). The van der Waals surface area contributed by atoms with E-state index in [1.165, 1.54) is 54.5 Å². The molecule has 5 heterocycles. The fraction of sp³-hybridized carbons (Fsp3) is 0. The summed E-state index contributed by atoms with van der Waals surface area (Å²) in [5, 5.41) is 30.9. The zero-order valence-electron chi connectivity index (χ0n) is 51.0. The summed E-state index contributed by atoms with van der Waals surface area (Å²) in [6.45, 7) is 7.64. The van der Waals surface area contributed by atoms with Gasteiger partial charge in [0.15, 0.2) is 0 Å². The van der Waals surface area contributed by atoms with Crippen LogP contribution in [0, 0.1) is 29.2 Å². The molecule has 0 N–H and O–H groups in total. The Morgan fingerprint density at radius 3 is 1.43 bits per heavy atom. The van der Waals surface area contributed by atoms with Gasteiger partial charge in [0, 0.05) is 76.6 Å². The molecule has 8 nitrogen and oxygen atoms in total. The van der Waals surface area contributed by atoms with Crippen molar-refractivity contribution in [3.8, 4) is 68.3 Å². The van der Waals surface area contributed by atoms with Gasteiger partial charge in [0.05, 0.1) is 74.0 Å². The number of hydrogen-bond acceptors (Lipinski definition) is 3. The molecule has 0 saturated carbocycles. The Morgan fingerprint density at radius 2 is 0.747 bits per heavy atom. The van der Waals surface area contributed by atoms with Crippen molar-refractivity contribution < 1.29 is 4.42 Å². The number of nitrogens with zero attached hydrogens (tertiary/aromatic N) is 7. The zero-order chi connectivity index (χ0) is 63.3. The van der Waals surface area contributed by atoms with Gasteiger partial charge in [-0.15, -0.1) is 0 Å². The van der Waals surface area contributed by atoms with Crippen molar-refractivity contribution in [2.24, 2.45) is 0 Å². The van der Waals surface area contributed by atoms with E-state index in [0.29, 0.717) is 16.8 Å². The van der Waals surface area contributed by atoms with Crippen LogP contribution < -0.4 is 0 Å². The van der Waals surface area contributed by atoms with E-state index in [4.69, 9.17) is 11.0 Å². The lowest BCUT2D eigenvalue weighted by atomic mass is 9.98. The second-order valence-corrected chi connectivity index (χ2v) is 24.1. The SMILES string of the molecule is N#Cc1cccc(-n2c3ccccc3c3cc(-c4cccc5c4c4ccccc4n5-c4ccc5oc6ccccc6c5c4)ccc32)c1.[C-]#[N+]c1cc(-n2c3ccccc3c3ccc(-c4ccc(-c5ccc6c(c5)c5ccccc5n6-c5ccccc5)cc4)cc32)ccc1C#N. The Hall–Kier alpha value is -13.5. The summed E-state index contributed by atoms with van der Waals surface area (Å²) in [6.07, 6.45) is 0. The van der Waals surface area contributed by atoms with E-state index in [0.717, 1.165) is 111 Å². The van der Waals surface area contributed by atoms with E-state index in [1.54, 1.807) is 6.07 Å². The highest BCUT2D eigenvalue weighted by molar-refractivity contribution is 6.18. The lowest BCUT2D eigenvalue weighted by Crippen LogP contribution is -1.94. The summed E-state index contributed by atoms with van der Waals surface area (Å²) in [5.74, 6) is 0. The third-order valence-electron chi connectivity index (χ3n) is 18.9.